The zero-order valence-electron chi connectivity index (χ0n) is 20.7. The average Bonchev–Trinajstić information content (AvgIpc) is 3.36. The Morgan fingerprint density at radius 2 is 1.74 bits per heavy atom. The molecule has 0 spiro atoms. The average molecular weight is 523 g/mol. The lowest BCUT2D eigenvalue weighted by Gasteiger charge is -2.12. The number of hydrogen-bond donors (Lipinski definition) is 1. The number of imide groups is 1. The van der Waals surface area contributed by atoms with Gasteiger partial charge in [0, 0.05) is 27.7 Å². The molecule has 7 nitrogen and oxygen atoms in total. The van der Waals surface area contributed by atoms with E-state index in [4.69, 9.17) is 16.3 Å². The molecule has 3 amide bonds. The van der Waals surface area contributed by atoms with Crippen LogP contribution in [-0.4, -0.2) is 16.5 Å². The van der Waals surface area contributed by atoms with Crippen molar-refractivity contribution < 1.29 is 14.3 Å². The van der Waals surface area contributed by atoms with Crippen LogP contribution in [0.3, 0.4) is 0 Å². The maximum atomic E-state index is 13.0. The van der Waals surface area contributed by atoms with Crippen LogP contribution in [0.25, 0.3) is 11.8 Å². The van der Waals surface area contributed by atoms with Crippen LogP contribution >= 0.6 is 11.6 Å². The molecule has 8 heteroatoms. The Labute approximate surface area is 225 Å². The number of aryl methyl sites for hydroxylation is 1. The highest BCUT2D eigenvalue weighted by molar-refractivity contribution is 6.32. The molecule has 38 heavy (non-hydrogen) atoms. The molecule has 0 radical (unpaired) electrons. The molecular formula is C30H23ClN4O3. The molecule has 3 aromatic carbocycles. The number of carbonyl (C=O) groups is 2. The van der Waals surface area contributed by atoms with Crippen molar-refractivity contribution in [2.45, 2.75) is 20.5 Å². The summed E-state index contributed by atoms with van der Waals surface area (Å²) in [5.41, 5.74) is 5.64. The van der Waals surface area contributed by atoms with E-state index in [2.05, 4.69) is 16.0 Å². The van der Waals surface area contributed by atoms with Crippen molar-refractivity contribution in [3.05, 3.63) is 118 Å². The van der Waals surface area contributed by atoms with E-state index in [-0.39, 0.29) is 5.70 Å². The Hall–Kier alpha value is -4.80. The SMILES string of the molecule is Cc1cc(/C=C2/NC(=O)N(c3cccc(Cl)c3)C2=O)c(C)n1-c1ccc(OCc2ccccc2C#N)cc1. The first kappa shape index (κ1) is 24.9. The van der Waals surface area contributed by atoms with Gasteiger partial charge in [0.25, 0.3) is 5.91 Å². The van der Waals surface area contributed by atoms with Crippen LogP contribution in [0, 0.1) is 25.2 Å². The molecule has 2 heterocycles. The molecule has 0 unspecified atom stereocenters. The molecule has 1 aliphatic rings. The lowest BCUT2D eigenvalue weighted by Crippen LogP contribution is -2.30. The minimum absolute atomic E-state index is 0.191. The van der Waals surface area contributed by atoms with Gasteiger partial charge in [-0.05, 0) is 80.1 Å². The number of carbonyl (C=O) groups excluding carboxylic acids is 2. The van der Waals surface area contributed by atoms with Crippen molar-refractivity contribution in [2.24, 2.45) is 0 Å². The number of halogens is 1. The van der Waals surface area contributed by atoms with Crippen molar-refractivity contribution in [1.82, 2.24) is 9.88 Å². The van der Waals surface area contributed by atoms with Crippen LogP contribution in [0.5, 0.6) is 5.75 Å². The quantitative estimate of drug-likeness (QED) is 0.238. The number of hydrogen-bond acceptors (Lipinski definition) is 4. The van der Waals surface area contributed by atoms with Crippen LogP contribution in [-0.2, 0) is 11.4 Å². The number of nitrogens with zero attached hydrogens (tertiary/aromatic N) is 3. The fourth-order valence-corrected chi connectivity index (χ4v) is 4.66. The molecule has 5 rings (SSSR count). The maximum absolute atomic E-state index is 13.0. The number of urea groups is 1. The van der Waals surface area contributed by atoms with Crippen LogP contribution < -0.4 is 15.0 Å². The molecule has 0 aliphatic carbocycles. The Balaban J connectivity index is 1.36. The molecule has 1 aromatic heterocycles. The largest absolute Gasteiger partial charge is 0.489 e. The maximum Gasteiger partial charge on any atom is 0.333 e. The van der Waals surface area contributed by atoms with Crippen molar-refractivity contribution in [3.63, 3.8) is 0 Å². The highest BCUT2D eigenvalue weighted by atomic mass is 35.5. The zero-order chi connectivity index (χ0) is 26.8. The lowest BCUT2D eigenvalue weighted by atomic mass is 10.1. The topological polar surface area (TPSA) is 87.4 Å². The van der Waals surface area contributed by atoms with Gasteiger partial charge in [0.15, 0.2) is 0 Å². The van der Waals surface area contributed by atoms with Crippen LogP contribution in [0.1, 0.15) is 28.1 Å². The summed E-state index contributed by atoms with van der Waals surface area (Å²) in [6.45, 7) is 4.23. The predicted octanol–water partition coefficient (Wildman–Crippen LogP) is 6.30. The summed E-state index contributed by atoms with van der Waals surface area (Å²) >= 11 is 6.05. The van der Waals surface area contributed by atoms with Gasteiger partial charge in [-0.1, -0.05) is 35.9 Å². The van der Waals surface area contributed by atoms with Gasteiger partial charge in [0.2, 0.25) is 0 Å². The molecule has 1 saturated heterocycles. The van der Waals surface area contributed by atoms with Crippen molar-refractivity contribution in [2.75, 3.05) is 4.90 Å². The summed E-state index contributed by atoms with van der Waals surface area (Å²) < 4.78 is 7.96. The number of anilines is 1. The Morgan fingerprint density at radius 1 is 0.974 bits per heavy atom. The smallest absolute Gasteiger partial charge is 0.333 e. The molecule has 0 atom stereocenters. The van der Waals surface area contributed by atoms with Crippen molar-refractivity contribution >= 4 is 35.3 Å². The van der Waals surface area contributed by atoms with Crippen molar-refractivity contribution in [1.29, 1.82) is 5.26 Å². The predicted molar refractivity (Wildman–Crippen MR) is 146 cm³/mol. The second-order valence-electron chi connectivity index (χ2n) is 8.82. The summed E-state index contributed by atoms with van der Waals surface area (Å²) in [6.07, 6.45) is 1.69. The van der Waals surface area contributed by atoms with Gasteiger partial charge < -0.3 is 14.6 Å². The van der Waals surface area contributed by atoms with E-state index in [1.54, 1.807) is 36.4 Å². The van der Waals surface area contributed by atoms with E-state index in [0.29, 0.717) is 28.6 Å². The molecule has 1 N–H and O–H groups in total. The number of rotatable bonds is 6. The standard InChI is InChI=1S/C30H23ClN4O3/c1-19-14-23(15-28-29(36)35(30(37)33-28)26-9-5-8-24(31)16-26)20(2)34(19)25-10-12-27(13-11-25)38-18-22-7-4-3-6-21(22)17-32/h3-16H,18H2,1-2H3,(H,33,37)/b28-15+. The Kier molecular flexibility index (Phi) is 6.73. The molecule has 0 bridgehead atoms. The minimum Gasteiger partial charge on any atom is -0.489 e. The normalized spacial score (nSPS) is 14.1. The fourth-order valence-electron chi connectivity index (χ4n) is 4.48. The number of aromatic nitrogens is 1. The monoisotopic (exact) mass is 522 g/mol. The van der Waals surface area contributed by atoms with Crippen LogP contribution in [0.4, 0.5) is 10.5 Å². The first-order chi connectivity index (χ1) is 18.4. The van der Waals surface area contributed by atoms with Gasteiger partial charge in [-0.25, -0.2) is 9.69 Å². The molecule has 1 aliphatic heterocycles. The first-order valence-electron chi connectivity index (χ1n) is 11.9. The number of nitriles is 1. The summed E-state index contributed by atoms with van der Waals surface area (Å²) in [5.74, 6) is 0.244. The molecule has 0 saturated carbocycles. The summed E-state index contributed by atoms with van der Waals surface area (Å²) in [6, 6.07) is 25.2. The van der Waals surface area contributed by atoms with E-state index in [0.717, 1.165) is 33.1 Å². The Bertz CT molecular complexity index is 1630. The van der Waals surface area contributed by atoms with Gasteiger partial charge in [0.1, 0.15) is 18.1 Å². The van der Waals surface area contributed by atoms with E-state index in [1.807, 2.05) is 62.4 Å². The first-order valence-corrected chi connectivity index (χ1v) is 12.3. The van der Waals surface area contributed by atoms with Gasteiger partial charge in [-0.2, -0.15) is 5.26 Å². The highest BCUT2D eigenvalue weighted by Crippen LogP contribution is 2.28. The van der Waals surface area contributed by atoms with Gasteiger partial charge in [0.05, 0.1) is 17.3 Å². The zero-order valence-corrected chi connectivity index (χ0v) is 21.5. The van der Waals surface area contributed by atoms with Crippen molar-refractivity contribution in [3.8, 4) is 17.5 Å². The number of benzene rings is 3. The van der Waals surface area contributed by atoms with E-state index < -0.39 is 11.9 Å². The van der Waals surface area contributed by atoms with E-state index in [1.165, 1.54) is 0 Å². The molecule has 188 valence electrons. The van der Waals surface area contributed by atoms with Gasteiger partial charge in [-0.3, -0.25) is 4.79 Å². The third-order valence-corrected chi connectivity index (χ3v) is 6.58. The van der Waals surface area contributed by atoms with Gasteiger partial charge >= 0.3 is 6.03 Å². The highest BCUT2D eigenvalue weighted by Gasteiger charge is 2.35. The van der Waals surface area contributed by atoms with E-state index >= 15 is 0 Å². The lowest BCUT2D eigenvalue weighted by molar-refractivity contribution is -0.113. The molecular weight excluding hydrogens is 500 g/mol. The second kappa shape index (κ2) is 10.3. The van der Waals surface area contributed by atoms with Crippen LogP contribution in [0.2, 0.25) is 5.02 Å². The minimum atomic E-state index is -0.523. The summed E-state index contributed by atoms with van der Waals surface area (Å²) in [5, 5.41) is 12.4. The molecule has 1 fully saturated rings. The number of amides is 3. The van der Waals surface area contributed by atoms with Crippen LogP contribution in [0.15, 0.2) is 84.6 Å². The summed E-state index contributed by atoms with van der Waals surface area (Å²) in [4.78, 5) is 26.7. The molecule has 4 aromatic rings. The second-order valence-corrected chi connectivity index (χ2v) is 9.26. The number of nitrogens with one attached hydrogen (secondary N) is 1. The summed E-state index contributed by atoms with van der Waals surface area (Å²) in [7, 11) is 0. The third-order valence-electron chi connectivity index (χ3n) is 6.34. The number of ether oxygens (including phenoxy) is 1. The fraction of sp³-hybridized carbons (Fsp3) is 0.100. The van der Waals surface area contributed by atoms with Gasteiger partial charge in [-0.15, -0.1) is 0 Å². The third kappa shape index (κ3) is 4.77. The Morgan fingerprint density at radius 3 is 2.47 bits per heavy atom. The van der Waals surface area contributed by atoms with E-state index in [9.17, 15) is 14.9 Å².